The number of rotatable bonds is 3. The highest BCUT2D eigenvalue weighted by molar-refractivity contribution is 5.90. The van der Waals surface area contributed by atoms with Crippen LogP contribution < -0.4 is 5.32 Å². The average Bonchev–Trinajstić information content (AvgIpc) is 2.32. The Bertz CT molecular complexity index is 469. The van der Waals surface area contributed by atoms with Crippen LogP contribution in [0.1, 0.15) is 11.1 Å². The number of nitrogens with zero attached hydrogens (tertiary/aromatic N) is 1. The number of amides is 2. The molecule has 20 heavy (non-hydrogen) atoms. The molecule has 1 rings (SSSR count). The van der Waals surface area contributed by atoms with Crippen LogP contribution in [-0.2, 0) is 0 Å². The second kappa shape index (κ2) is 6.13. The summed E-state index contributed by atoms with van der Waals surface area (Å²) >= 11 is 0. The molecule has 2 N–H and O–H groups in total. The predicted molar refractivity (Wildman–Crippen MR) is 69.6 cm³/mol. The van der Waals surface area contributed by atoms with E-state index < -0.39 is 24.9 Å². The third-order valence-corrected chi connectivity index (χ3v) is 2.88. The number of para-hydroxylation sites is 1. The van der Waals surface area contributed by atoms with Crippen molar-refractivity contribution in [2.75, 3.05) is 18.9 Å². The van der Waals surface area contributed by atoms with Gasteiger partial charge in [0.2, 0.25) is 0 Å². The molecule has 0 radical (unpaired) electrons. The average molecular weight is 290 g/mol. The number of carbonyl (C=O) groups excluding carboxylic acids is 1. The number of hydrogen-bond donors (Lipinski definition) is 2. The van der Waals surface area contributed by atoms with Crippen LogP contribution in [-0.4, -0.2) is 41.9 Å². The van der Waals surface area contributed by atoms with Gasteiger partial charge in [-0.25, -0.2) is 4.79 Å². The fourth-order valence-electron chi connectivity index (χ4n) is 1.66. The zero-order valence-corrected chi connectivity index (χ0v) is 11.5. The minimum absolute atomic E-state index is 0.561. The molecule has 0 aliphatic carbocycles. The quantitative estimate of drug-likeness (QED) is 0.899. The van der Waals surface area contributed by atoms with E-state index in [0.29, 0.717) is 5.69 Å². The van der Waals surface area contributed by atoms with Gasteiger partial charge in [-0.3, -0.25) is 0 Å². The lowest BCUT2D eigenvalue weighted by atomic mass is 10.1. The van der Waals surface area contributed by atoms with Gasteiger partial charge in [-0.1, -0.05) is 18.2 Å². The lowest BCUT2D eigenvalue weighted by molar-refractivity contribution is -0.205. The maximum Gasteiger partial charge on any atom is 0.416 e. The van der Waals surface area contributed by atoms with Gasteiger partial charge in [0.1, 0.15) is 0 Å². The van der Waals surface area contributed by atoms with Crippen LogP contribution in [0.15, 0.2) is 18.2 Å². The second-order valence-electron chi connectivity index (χ2n) is 4.63. The molecule has 0 heterocycles. The van der Waals surface area contributed by atoms with Crippen LogP contribution in [0.5, 0.6) is 0 Å². The molecule has 0 bridgehead atoms. The number of likely N-dealkylation sites (N-methyl/N-ethyl adjacent to an activating group) is 1. The number of carbonyl (C=O) groups is 1. The molecule has 2 amide bonds. The summed E-state index contributed by atoms with van der Waals surface area (Å²) < 4.78 is 36.7. The Labute approximate surface area is 115 Å². The molecule has 0 saturated heterocycles. The Morgan fingerprint density at radius 3 is 2.30 bits per heavy atom. The number of hydrogen-bond acceptors (Lipinski definition) is 2. The maximum atomic E-state index is 12.2. The van der Waals surface area contributed by atoms with E-state index in [1.807, 2.05) is 6.07 Å². The van der Waals surface area contributed by atoms with Crippen molar-refractivity contribution in [1.29, 1.82) is 0 Å². The smallest absolute Gasteiger partial charge is 0.382 e. The normalized spacial score (nSPS) is 12.9. The Morgan fingerprint density at radius 1 is 1.35 bits per heavy atom. The molecule has 112 valence electrons. The number of aryl methyl sites for hydroxylation is 2. The van der Waals surface area contributed by atoms with E-state index in [9.17, 15) is 18.0 Å². The van der Waals surface area contributed by atoms with Crippen LogP contribution in [0.25, 0.3) is 0 Å². The minimum Gasteiger partial charge on any atom is -0.382 e. The number of halogens is 3. The molecular formula is C13H17F3N2O2. The Hall–Kier alpha value is -1.76. The fraction of sp³-hybridized carbons (Fsp3) is 0.462. The van der Waals surface area contributed by atoms with Crippen molar-refractivity contribution >= 4 is 11.7 Å². The molecule has 1 atom stereocenters. The Balaban J connectivity index is 2.72. The molecule has 0 aliphatic rings. The first-order valence-corrected chi connectivity index (χ1v) is 5.96. The van der Waals surface area contributed by atoms with E-state index in [-0.39, 0.29) is 0 Å². The van der Waals surface area contributed by atoms with Crippen molar-refractivity contribution in [2.45, 2.75) is 26.1 Å². The lowest BCUT2D eigenvalue weighted by Gasteiger charge is -2.23. The molecule has 0 aromatic heterocycles. The van der Waals surface area contributed by atoms with Gasteiger partial charge >= 0.3 is 12.2 Å². The molecule has 4 nitrogen and oxygen atoms in total. The summed E-state index contributed by atoms with van der Waals surface area (Å²) in [5, 5.41) is 11.5. The van der Waals surface area contributed by atoms with E-state index in [2.05, 4.69) is 5.32 Å². The van der Waals surface area contributed by atoms with Gasteiger partial charge in [-0.2, -0.15) is 13.2 Å². The summed E-state index contributed by atoms with van der Waals surface area (Å²) in [6.07, 6.45) is -7.30. The number of nitrogens with one attached hydrogen (secondary N) is 1. The topological polar surface area (TPSA) is 52.6 Å². The standard InChI is InChI=1S/C13H17F3N2O2/c1-8-5-4-6-9(2)11(8)17-12(20)18(3)7-10(19)13(14,15)16/h4-6,10,19H,7H2,1-3H3,(H,17,20). The van der Waals surface area contributed by atoms with Crippen molar-refractivity contribution in [3.63, 3.8) is 0 Å². The van der Waals surface area contributed by atoms with Crippen LogP contribution in [0.3, 0.4) is 0 Å². The first-order valence-electron chi connectivity index (χ1n) is 5.96. The molecule has 1 unspecified atom stereocenters. The summed E-state index contributed by atoms with van der Waals surface area (Å²) in [6.45, 7) is 2.75. The number of alkyl halides is 3. The van der Waals surface area contributed by atoms with Crippen LogP contribution in [0.2, 0.25) is 0 Å². The van der Waals surface area contributed by atoms with Crippen LogP contribution in [0.4, 0.5) is 23.7 Å². The largest absolute Gasteiger partial charge is 0.416 e. The summed E-state index contributed by atoms with van der Waals surface area (Å²) in [5.74, 6) is 0. The van der Waals surface area contributed by atoms with Gasteiger partial charge < -0.3 is 15.3 Å². The Kier molecular flexibility index (Phi) is 4.99. The van der Waals surface area contributed by atoms with Crippen molar-refractivity contribution in [3.8, 4) is 0 Å². The zero-order chi connectivity index (χ0) is 15.5. The highest BCUT2D eigenvalue weighted by Crippen LogP contribution is 2.22. The van der Waals surface area contributed by atoms with E-state index in [1.54, 1.807) is 26.0 Å². The monoisotopic (exact) mass is 290 g/mol. The minimum atomic E-state index is -4.74. The Morgan fingerprint density at radius 2 is 1.85 bits per heavy atom. The van der Waals surface area contributed by atoms with Crippen molar-refractivity contribution in [1.82, 2.24) is 4.90 Å². The van der Waals surface area contributed by atoms with Gasteiger partial charge in [0.05, 0.1) is 6.54 Å². The highest BCUT2D eigenvalue weighted by Gasteiger charge is 2.39. The van der Waals surface area contributed by atoms with Gasteiger partial charge in [0.15, 0.2) is 6.10 Å². The SMILES string of the molecule is Cc1cccc(C)c1NC(=O)N(C)CC(O)C(F)(F)F. The molecule has 1 aromatic carbocycles. The molecule has 7 heteroatoms. The highest BCUT2D eigenvalue weighted by atomic mass is 19.4. The van der Waals surface area contributed by atoms with E-state index >= 15 is 0 Å². The maximum absolute atomic E-state index is 12.2. The van der Waals surface area contributed by atoms with E-state index in [0.717, 1.165) is 16.0 Å². The van der Waals surface area contributed by atoms with Crippen LogP contribution in [0, 0.1) is 13.8 Å². The molecular weight excluding hydrogens is 273 g/mol. The van der Waals surface area contributed by atoms with Crippen molar-refractivity contribution in [2.24, 2.45) is 0 Å². The summed E-state index contributed by atoms with van der Waals surface area (Å²) in [5.41, 5.74) is 2.18. The first-order chi connectivity index (χ1) is 9.12. The molecule has 0 aliphatic heterocycles. The first kappa shape index (κ1) is 16.3. The van der Waals surface area contributed by atoms with Gasteiger partial charge in [-0.05, 0) is 25.0 Å². The van der Waals surface area contributed by atoms with Gasteiger partial charge in [0, 0.05) is 12.7 Å². The van der Waals surface area contributed by atoms with Gasteiger partial charge in [-0.15, -0.1) is 0 Å². The van der Waals surface area contributed by atoms with Crippen LogP contribution >= 0.6 is 0 Å². The number of aliphatic hydroxyl groups is 1. The predicted octanol–water partition coefficient (Wildman–Crippen LogP) is 2.69. The van der Waals surface area contributed by atoms with E-state index in [4.69, 9.17) is 5.11 Å². The number of benzene rings is 1. The number of urea groups is 1. The molecule has 1 aromatic rings. The third-order valence-electron chi connectivity index (χ3n) is 2.88. The molecule has 0 fully saturated rings. The zero-order valence-electron chi connectivity index (χ0n) is 11.5. The summed E-state index contributed by atoms with van der Waals surface area (Å²) in [7, 11) is 1.19. The second-order valence-corrected chi connectivity index (χ2v) is 4.63. The van der Waals surface area contributed by atoms with Gasteiger partial charge in [0.25, 0.3) is 0 Å². The fourth-order valence-corrected chi connectivity index (χ4v) is 1.66. The third kappa shape index (κ3) is 4.12. The summed E-state index contributed by atoms with van der Waals surface area (Å²) in [6, 6.07) is 4.68. The molecule has 0 spiro atoms. The number of anilines is 1. The molecule has 0 saturated carbocycles. The number of aliphatic hydroxyl groups excluding tert-OH is 1. The lowest BCUT2D eigenvalue weighted by Crippen LogP contribution is -2.43. The van der Waals surface area contributed by atoms with E-state index in [1.165, 1.54) is 7.05 Å². The van der Waals surface area contributed by atoms with Crippen molar-refractivity contribution < 1.29 is 23.1 Å². The van der Waals surface area contributed by atoms with Crippen molar-refractivity contribution in [3.05, 3.63) is 29.3 Å². The summed E-state index contributed by atoms with van der Waals surface area (Å²) in [4.78, 5) is 12.6.